The maximum absolute atomic E-state index is 12.8. The van der Waals surface area contributed by atoms with Gasteiger partial charge in [-0.1, -0.05) is 24.9 Å². The van der Waals surface area contributed by atoms with E-state index in [4.69, 9.17) is 16.3 Å². The summed E-state index contributed by atoms with van der Waals surface area (Å²) >= 11 is 6.37. The summed E-state index contributed by atoms with van der Waals surface area (Å²) in [6.07, 6.45) is 4.84. The van der Waals surface area contributed by atoms with Crippen LogP contribution in [0.4, 0.5) is 0 Å². The summed E-state index contributed by atoms with van der Waals surface area (Å²) in [5.41, 5.74) is 1.61. The lowest BCUT2D eigenvalue weighted by Gasteiger charge is -2.27. The van der Waals surface area contributed by atoms with Crippen LogP contribution in [0.5, 0.6) is 5.75 Å². The van der Waals surface area contributed by atoms with Crippen molar-refractivity contribution in [2.75, 3.05) is 26.2 Å². The third kappa shape index (κ3) is 3.30. The number of hydrogen-bond acceptors (Lipinski definition) is 3. The average molecular weight is 376 g/mol. The van der Waals surface area contributed by atoms with E-state index in [2.05, 4.69) is 21.7 Å². The number of halogens is 1. The average Bonchev–Trinajstić information content (AvgIpc) is 3.06. The number of amides is 1. The zero-order valence-corrected chi connectivity index (χ0v) is 16.0. The number of carbonyl (C=O) groups excluding carboxylic acids is 1. The summed E-state index contributed by atoms with van der Waals surface area (Å²) in [5.74, 6) is 0.784. The lowest BCUT2D eigenvalue weighted by atomic mass is 10.1. The van der Waals surface area contributed by atoms with Gasteiger partial charge in [-0.3, -0.25) is 4.79 Å². The second kappa shape index (κ2) is 7.49. The first-order chi connectivity index (χ1) is 12.7. The monoisotopic (exact) mass is 375 g/mol. The molecule has 0 radical (unpaired) electrons. The van der Waals surface area contributed by atoms with Crippen molar-refractivity contribution >= 4 is 28.4 Å². The first kappa shape index (κ1) is 17.7. The molecule has 1 aromatic carbocycles. The van der Waals surface area contributed by atoms with E-state index >= 15 is 0 Å². The maximum Gasteiger partial charge on any atom is 0.267 e. The van der Waals surface area contributed by atoms with Crippen LogP contribution in [0.2, 0.25) is 5.02 Å². The number of ether oxygens (including phenoxy) is 1. The molecule has 1 N–H and O–H groups in total. The predicted octanol–water partition coefficient (Wildman–Crippen LogP) is 3.68. The third-order valence-electron chi connectivity index (χ3n) is 5.50. The standard InChI is InChI=1S/C20H26ClN3O2/c1-2-14-13-24-17(12-15-16(21)6-7-18(26-14)19(15)24)20(25)22-8-11-23-9-4-3-5-10-23/h6-7,12,14H,2-5,8-11,13H2,1H3,(H,22,25)/t14-/m0/s1. The summed E-state index contributed by atoms with van der Waals surface area (Å²) < 4.78 is 8.12. The fourth-order valence-corrected chi connectivity index (χ4v) is 4.23. The van der Waals surface area contributed by atoms with E-state index in [0.717, 1.165) is 42.7 Å². The Morgan fingerprint density at radius 2 is 2.12 bits per heavy atom. The van der Waals surface area contributed by atoms with E-state index < -0.39 is 0 Å². The van der Waals surface area contributed by atoms with Gasteiger partial charge in [0.15, 0.2) is 0 Å². The molecule has 0 aliphatic carbocycles. The predicted molar refractivity (Wildman–Crippen MR) is 104 cm³/mol. The van der Waals surface area contributed by atoms with Crippen LogP contribution < -0.4 is 10.1 Å². The summed E-state index contributed by atoms with van der Waals surface area (Å²) in [6, 6.07) is 5.65. The number of hydrogen-bond donors (Lipinski definition) is 1. The number of piperidine rings is 1. The molecule has 1 saturated heterocycles. The Hall–Kier alpha value is -1.72. The Balaban J connectivity index is 1.53. The normalized spacial score (nSPS) is 20.2. The van der Waals surface area contributed by atoms with Gasteiger partial charge in [0.1, 0.15) is 17.5 Å². The molecule has 0 saturated carbocycles. The van der Waals surface area contributed by atoms with Crippen LogP contribution in [0.25, 0.3) is 10.9 Å². The third-order valence-corrected chi connectivity index (χ3v) is 5.83. The van der Waals surface area contributed by atoms with Crippen molar-refractivity contribution in [2.45, 2.75) is 45.3 Å². The van der Waals surface area contributed by atoms with Crippen molar-refractivity contribution < 1.29 is 9.53 Å². The Bertz CT molecular complexity index is 811. The minimum absolute atomic E-state index is 0.0306. The molecule has 4 rings (SSSR count). The Morgan fingerprint density at radius 1 is 1.31 bits per heavy atom. The summed E-state index contributed by atoms with van der Waals surface area (Å²) in [4.78, 5) is 15.3. The van der Waals surface area contributed by atoms with Gasteiger partial charge in [0.2, 0.25) is 0 Å². The molecule has 5 nitrogen and oxygen atoms in total. The van der Waals surface area contributed by atoms with E-state index in [1.165, 1.54) is 19.3 Å². The molecule has 2 aliphatic rings. The van der Waals surface area contributed by atoms with E-state index in [-0.39, 0.29) is 12.0 Å². The number of nitrogens with zero attached hydrogens (tertiary/aromatic N) is 2. The van der Waals surface area contributed by atoms with E-state index in [1.807, 2.05) is 18.2 Å². The van der Waals surface area contributed by atoms with Gasteiger partial charge in [-0.25, -0.2) is 0 Å². The summed E-state index contributed by atoms with van der Waals surface area (Å²) in [5, 5.41) is 4.64. The molecule has 0 spiro atoms. The second-order valence-electron chi connectivity index (χ2n) is 7.25. The molecule has 1 fully saturated rings. The highest BCUT2D eigenvalue weighted by Gasteiger charge is 2.27. The van der Waals surface area contributed by atoms with Gasteiger partial charge in [0.05, 0.1) is 17.1 Å². The van der Waals surface area contributed by atoms with Gasteiger partial charge in [-0.15, -0.1) is 0 Å². The van der Waals surface area contributed by atoms with Crippen LogP contribution in [0.3, 0.4) is 0 Å². The van der Waals surface area contributed by atoms with Crippen LogP contribution >= 0.6 is 11.6 Å². The first-order valence-corrected chi connectivity index (χ1v) is 10.0. The fourth-order valence-electron chi connectivity index (χ4n) is 4.02. The fraction of sp³-hybridized carbons (Fsp3) is 0.550. The van der Waals surface area contributed by atoms with Crippen LogP contribution in [-0.4, -0.2) is 47.7 Å². The smallest absolute Gasteiger partial charge is 0.267 e. The number of rotatable bonds is 5. The van der Waals surface area contributed by atoms with E-state index in [9.17, 15) is 4.79 Å². The largest absolute Gasteiger partial charge is 0.486 e. The number of aromatic nitrogens is 1. The van der Waals surface area contributed by atoms with Crippen molar-refractivity contribution in [2.24, 2.45) is 0 Å². The molecule has 0 unspecified atom stereocenters. The molecular formula is C20H26ClN3O2. The lowest BCUT2D eigenvalue weighted by Crippen LogP contribution is -2.38. The molecule has 1 atom stereocenters. The summed E-state index contributed by atoms with van der Waals surface area (Å²) in [7, 11) is 0. The topological polar surface area (TPSA) is 46.5 Å². The van der Waals surface area contributed by atoms with Gasteiger partial charge >= 0.3 is 0 Å². The molecule has 140 valence electrons. The number of benzene rings is 1. The molecule has 1 amide bonds. The van der Waals surface area contributed by atoms with Crippen molar-refractivity contribution in [3.05, 3.63) is 28.9 Å². The summed E-state index contributed by atoms with van der Waals surface area (Å²) in [6.45, 7) is 6.66. The molecule has 0 bridgehead atoms. The highest BCUT2D eigenvalue weighted by atomic mass is 35.5. The highest BCUT2D eigenvalue weighted by Crippen LogP contribution is 2.38. The molecule has 2 aromatic rings. The Kier molecular flexibility index (Phi) is 5.09. The van der Waals surface area contributed by atoms with E-state index in [1.54, 1.807) is 0 Å². The lowest BCUT2D eigenvalue weighted by molar-refractivity contribution is 0.0931. The zero-order valence-electron chi connectivity index (χ0n) is 15.3. The quantitative estimate of drug-likeness (QED) is 0.867. The molecule has 26 heavy (non-hydrogen) atoms. The van der Waals surface area contributed by atoms with Crippen molar-refractivity contribution in [1.29, 1.82) is 0 Å². The maximum atomic E-state index is 12.8. The van der Waals surface area contributed by atoms with Gasteiger partial charge < -0.3 is 19.5 Å². The second-order valence-corrected chi connectivity index (χ2v) is 7.66. The SMILES string of the molecule is CC[C@H]1Cn2c(C(=O)NCCN3CCCCC3)cc3c(Cl)ccc(c32)O1. The van der Waals surface area contributed by atoms with Crippen molar-refractivity contribution in [3.8, 4) is 5.75 Å². The Labute approximate surface area is 159 Å². The molecule has 2 aliphatic heterocycles. The minimum atomic E-state index is -0.0306. The van der Waals surface area contributed by atoms with Gasteiger partial charge in [0, 0.05) is 18.5 Å². The molecular weight excluding hydrogens is 350 g/mol. The number of nitrogens with one attached hydrogen (secondary N) is 1. The first-order valence-electron chi connectivity index (χ1n) is 9.66. The van der Waals surface area contributed by atoms with Crippen LogP contribution in [0.1, 0.15) is 43.1 Å². The number of likely N-dealkylation sites (tertiary alicyclic amines) is 1. The van der Waals surface area contributed by atoms with E-state index in [0.29, 0.717) is 23.8 Å². The van der Waals surface area contributed by atoms with Crippen molar-refractivity contribution in [1.82, 2.24) is 14.8 Å². The molecule has 1 aromatic heterocycles. The van der Waals surface area contributed by atoms with Crippen LogP contribution in [0.15, 0.2) is 18.2 Å². The Morgan fingerprint density at radius 3 is 2.88 bits per heavy atom. The van der Waals surface area contributed by atoms with Crippen LogP contribution in [0, 0.1) is 0 Å². The molecule has 6 heteroatoms. The van der Waals surface area contributed by atoms with Gasteiger partial charge in [-0.05, 0) is 50.6 Å². The van der Waals surface area contributed by atoms with Crippen molar-refractivity contribution in [3.63, 3.8) is 0 Å². The molecule has 3 heterocycles. The zero-order chi connectivity index (χ0) is 18.1. The minimum Gasteiger partial charge on any atom is -0.486 e. The highest BCUT2D eigenvalue weighted by molar-refractivity contribution is 6.36. The van der Waals surface area contributed by atoms with Crippen LogP contribution in [-0.2, 0) is 6.54 Å². The number of carbonyl (C=O) groups is 1. The van der Waals surface area contributed by atoms with Gasteiger partial charge in [-0.2, -0.15) is 0 Å². The van der Waals surface area contributed by atoms with Gasteiger partial charge in [0.25, 0.3) is 5.91 Å².